The minimum atomic E-state index is -0.771. The highest BCUT2D eigenvalue weighted by Crippen LogP contribution is 2.31. The Labute approximate surface area is 198 Å². The summed E-state index contributed by atoms with van der Waals surface area (Å²) in [6.45, 7) is 4.14. The van der Waals surface area contributed by atoms with Crippen LogP contribution in [0.1, 0.15) is 17.2 Å². The molecule has 1 fully saturated rings. The maximum Gasteiger partial charge on any atom is 0.313 e. The summed E-state index contributed by atoms with van der Waals surface area (Å²) in [6, 6.07) is 11.3. The fourth-order valence-corrected chi connectivity index (χ4v) is 4.54. The highest BCUT2D eigenvalue weighted by Gasteiger charge is 2.26. The third-order valence-electron chi connectivity index (χ3n) is 6.17. The zero-order valence-corrected chi connectivity index (χ0v) is 19.7. The number of ether oxygens (including phenoxy) is 2. The molecular weight excluding hydrogens is 444 g/mol. The number of likely N-dealkylation sites (N-methyl/N-ethyl adjacent to an activating group) is 1. The number of nitrogens with zero attached hydrogens (tertiary/aromatic N) is 2. The number of hydrogen-bond donors (Lipinski definition) is 2. The minimum Gasteiger partial charge on any atom is -0.495 e. The molecule has 4 rings (SSSR count). The third kappa shape index (κ3) is 5.40. The van der Waals surface area contributed by atoms with Crippen molar-refractivity contribution in [2.45, 2.75) is 12.5 Å². The smallest absolute Gasteiger partial charge is 0.313 e. The number of nitrogens with one attached hydrogen (secondary N) is 2. The number of rotatable bonds is 6. The molecular formula is C24H29ClN4O4. The number of hydrogen-bond acceptors (Lipinski definition) is 6. The summed E-state index contributed by atoms with van der Waals surface area (Å²) in [5.41, 5.74) is 4.03. The van der Waals surface area contributed by atoms with E-state index < -0.39 is 11.8 Å². The maximum atomic E-state index is 12.6. The molecule has 0 saturated carbocycles. The van der Waals surface area contributed by atoms with Crippen molar-refractivity contribution in [1.82, 2.24) is 10.2 Å². The van der Waals surface area contributed by atoms with Gasteiger partial charge in [-0.2, -0.15) is 0 Å². The quantitative estimate of drug-likeness (QED) is 0.628. The summed E-state index contributed by atoms with van der Waals surface area (Å²) in [4.78, 5) is 29.7. The molecule has 2 amide bonds. The monoisotopic (exact) mass is 472 g/mol. The van der Waals surface area contributed by atoms with Crippen LogP contribution in [0.2, 0.25) is 5.02 Å². The molecule has 9 heteroatoms. The fraction of sp³-hybridized carbons (Fsp3) is 0.417. The van der Waals surface area contributed by atoms with Crippen LogP contribution in [0.25, 0.3) is 0 Å². The van der Waals surface area contributed by atoms with Crippen molar-refractivity contribution in [3.8, 4) is 5.75 Å². The van der Waals surface area contributed by atoms with Gasteiger partial charge in [0.1, 0.15) is 5.75 Å². The Kier molecular flexibility index (Phi) is 7.37. The predicted octanol–water partition coefficient (Wildman–Crippen LogP) is 2.47. The molecule has 33 heavy (non-hydrogen) atoms. The summed E-state index contributed by atoms with van der Waals surface area (Å²) in [5, 5.41) is 5.83. The number of anilines is 2. The summed E-state index contributed by atoms with van der Waals surface area (Å²) in [6.07, 6.45) is 1.01. The second-order valence-electron chi connectivity index (χ2n) is 8.23. The van der Waals surface area contributed by atoms with Crippen molar-refractivity contribution in [3.05, 3.63) is 52.5 Å². The van der Waals surface area contributed by atoms with Gasteiger partial charge < -0.3 is 25.0 Å². The van der Waals surface area contributed by atoms with Crippen LogP contribution in [0.15, 0.2) is 36.4 Å². The molecule has 2 heterocycles. The van der Waals surface area contributed by atoms with E-state index in [1.54, 1.807) is 18.2 Å². The van der Waals surface area contributed by atoms with Gasteiger partial charge in [-0.05, 0) is 41.8 Å². The first-order valence-electron chi connectivity index (χ1n) is 11.0. The van der Waals surface area contributed by atoms with E-state index in [0.717, 1.165) is 31.6 Å². The predicted molar refractivity (Wildman–Crippen MR) is 128 cm³/mol. The topological polar surface area (TPSA) is 83.1 Å². The molecule has 0 aliphatic carbocycles. The Morgan fingerprint density at radius 1 is 1.12 bits per heavy atom. The zero-order chi connectivity index (χ0) is 23.4. The van der Waals surface area contributed by atoms with E-state index in [1.165, 1.54) is 18.4 Å². The van der Waals surface area contributed by atoms with Crippen molar-refractivity contribution in [2.75, 3.05) is 63.8 Å². The Balaban J connectivity index is 1.46. The molecule has 0 unspecified atom stereocenters. The lowest BCUT2D eigenvalue weighted by Crippen LogP contribution is -2.45. The number of carbonyl (C=O) groups excluding carboxylic acids is 2. The van der Waals surface area contributed by atoms with Crippen LogP contribution in [0.4, 0.5) is 11.4 Å². The lowest BCUT2D eigenvalue weighted by Gasteiger charge is -2.35. The molecule has 0 spiro atoms. The van der Waals surface area contributed by atoms with Crippen molar-refractivity contribution in [3.63, 3.8) is 0 Å². The van der Waals surface area contributed by atoms with E-state index in [-0.39, 0.29) is 6.04 Å². The third-order valence-corrected chi connectivity index (χ3v) is 6.41. The Morgan fingerprint density at radius 3 is 2.67 bits per heavy atom. The molecule has 2 aromatic rings. The van der Waals surface area contributed by atoms with Crippen LogP contribution >= 0.6 is 11.6 Å². The lowest BCUT2D eigenvalue weighted by molar-refractivity contribution is -0.136. The molecule has 8 nitrogen and oxygen atoms in total. The second kappa shape index (κ2) is 10.4. The van der Waals surface area contributed by atoms with E-state index in [9.17, 15) is 9.59 Å². The number of morpholine rings is 1. The molecule has 0 bridgehead atoms. The molecule has 2 aromatic carbocycles. The summed E-state index contributed by atoms with van der Waals surface area (Å²) >= 11 is 6.02. The van der Waals surface area contributed by atoms with Crippen LogP contribution in [0, 0.1) is 0 Å². The highest BCUT2D eigenvalue weighted by atomic mass is 35.5. The average Bonchev–Trinajstić information content (AvgIpc) is 3.20. The van der Waals surface area contributed by atoms with Crippen molar-refractivity contribution in [1.29, 1.82) is 0 Å². The largest absolute Gasteiger partial charge is 0.495 e. The van der Waals surface area contributed by atoms with Gasteiger partial charge >= 0.3 is 11.8 Å². The molecule has 0 radical (unpaired) electrons. The van der Waals surface area contributed by atoms with Gasteiger partial charge in [0.15, 0.2) is 0 Å². The maximum absolute atomic E-state index is 12.6. The summed E-state index contributed by atoms with van der Waals surface area (Å²) in [5.74, 6) is -1.06. The average molecular weight is 473 g/mol. The molecule has 2 N–H and O–H groups in total. The van der Waals surface area contributed by atoms with E-state index in [4.69, 9.17) is 21.1 Å². The van der Waals surface area contributed by atoms with Crippen LogP contribution in [-0.4, -0.2) is 70.3 Å². The molecule has 2 aliphatic heterocycles. The van der Waals surface area contributed by atoms with E-state index >= 15 is 0 Å². The number of benzene rings is 2. The Bertz CT molecular complexity index is 1030. The van der Waals surface area contributed by atoms with Crippen LogP contribution in [0.5, 0.6) is 5.75 Å². The van der Waals surface area contributed by atoms with Gasteiger partial charge in [-0.3, -0.25) is 14.5 Å². The molecule has 1 atom stereocenters. The lowest BCUT2D eigenvalue weighted by atomic mass is 10.0. The van der Waals surface area contributed by atoms with Gasteiger partial charge in [0, 0.05) is 43.9 Å². The minimum absolute atomic E-state index is 0.0532. The van der Waals surface area contributed by atoms with Gasteiger partial charge in [-0.25, -0.2) is 0 Å². The molecule has 2 aliphatic rings. The number of amides is 2. The fourth-order valence-electron chi connectivity index (χ4n) is 4.37. The van der Waals surface area contributed by atoms with Crippen molar-refractivity contribution >= 4 is 34.8 Å². The highest BCUT2D eigenvalue weighted by molar-refractivity contribution is 6.40. The Hall–Kier alpha value is -2.81. The normalized spacial score (nSPS) is 16.8. The van der Waals surface area contributed by atoms with Gasteiger partial charge in [-0.15, -0.1) is 0 Å². The molecule has 0 aromatic heterocycles. The van der Waals surface area contributed by atoms with Crippen LogP contribution in [-0.2, 0) is 20.7 Å². The van der Waals surface area contributed by atoms with Crippen LogP contribution in [0.3, 0.4) is 0 Å². The van der Waals surface area contributed by atoms with Gasteiger partial charge in [0.05, 0.1) is 32.1 Å². The Morgan fingerprint density at radius 2 is 1.91 bits per heavy atom. The van der Waals surface area contributed by atoms with Gasteiger partial charge in [0.25, 0.3) is 0 Å². The number of fused-ring (bicyclic) bond motifs is 1. The summed E-state index contributed by atoms with van der Waals surface area (Å²) < 4.78 is 10.7. The van der Waals surface area contributed by atoms with Gasteiger partial charge in [-0.1, -0.05) is 23.7 Å². The first kappa shape index (κ1) is 23.4. The second-order valence-corrected chi connectivity index (χ2v) is 8.67. The first-order chi connectivity index (χ1) is 16.0. The van der Waals surface area contributed by atoms with Crippen molar-refractivity contribution in [2.24, 2.45) is 0 Å². The van der Waals surface area contributed by atoms with E-state index in [1.807, 2.05) is 0 Å². The SMILES string of the molecule is COc1ccc(Cl)cc1NC(=O)C(=O)NC[C@H](c1ccc2c(c1)CCN2C)N1CCOCC1. The summed E-state index contributed by atoms with van der Waals surface area (Å²) in [7, 11) is 3.58. The molecule has 1 saturated heterocycles. The van der Waals surface area contributed by atoms with Crippen molar-refractivity contribution < 1.29 is 19.1 Å². The standard InChI is InChI=1S/C24H29ClN4O4/c1-28-8-7-17-13-16(3-5-20(17)28)21(29-9-11-33-12-10-29)15-26-23(30)24(31)27-19-14-18(25)4-6-22(19)32-2/h3-6,13-14,21H,7-12,15H2,1-2H3,(H,26,30)(H,27,31)/t21-/m1/s1. The van der Waals surface area contributed by atoms with E-state index in [0.29, 0.717) is 36.2 Å². The molecule has 176 valence electrons. The number of halogens is 1. The van der Waals surface area contributed by atoms with E-state index in [2.05, 4.69) is 45.7 Å². The number of carbonyl (C=O) groups is 2. The van der Waals surface area contributed by atoms with Gasteiger partial charge in [0.2, 0.25) is 0 Å². The first-order valence-corrected chi connectivity index (χ1v) is 11.4. The zero-order valence-electron chi connectivity index (χ0n) is 18.9. The van der Waals surface area contributed by atoms with Crippen LogP contribution < -0.4 is 20.3 Å². The number of methoxy groups -OCH3 is 1.